The molecule has 0 spiro atoms. The van der Waals surface area contributed by atoms with Crippen molar-refractivity contribution < 1.29 is 14.0 Å². The van der Waals surface area contributed by atoms with E-state index in [1.165, 1.54) is 29.4 Å². The maximum absolute atomic E-state index is 12.1. The Labute approximate surface area is 158 Å². The van der Waals surface area contributed by atoms with E-state index >= 15 is 0 Å². The number of amides is 2. The van der Waals surface area contributed by atoms with Crippen molar-refractivity contribution in [3.63, 3.8) is 0 Å². The van der Waals surface area contributed by atoms with Crippen molar-refractivity contribution in [2.75, 3.05) is 16.4 Å². The van der Waals surface area contributed by atoms with Crippen LogP contribution >= 0.6 is 23.1 Å². The lowest BCUT2D eigenvalue weighted by atomic mass is 10.1. The van der Waals surface area contributed by atoms with Crippen LogP contribution in [0.15, 0.2) is 45.4 Å². The Morgan fingerprint density at radius 2 is 2.00 bits per heavy atom. The van der Waals surface area contributed by atoms with Gasteiger partial charge in [0.1, 0.15) is 0 Å². The molecule has 2 aromatic heterocycles. The minimum atomic E-state index is -0.393. The standard InChI is InChI=1S/C17H16N4O3S2/c1-10-5-3-6-12(11(10)2)18-14(22)9-25-17-21-20-16(26-17)19-15(23)13-7-4-8-24-13/h3-8H,9H2,1-2H3,(H,18,22)(H,19,20,23). The van der Waals surface area contributed by atoms with E-state index in [9.17, 15) is 9.59 Å². The highest BCUT2D eigenvalue weighted by Crippen LogP contribution is 2.26. The van der Waals surface area contributed by atoms with Crippen LogP contribution in [0.2, 0.25) is 0 Å². The van der Waals surface area contributed by atoms with Crippen LogP contribution in [0.25, 0.3) is 0 Å². The third kappa shape index (κ3) is 4.50. The first-order valence-electron chi connectivity index (χ1n) is 7.70. The Hall–Kier alpha value is -2.65. The van der Waals surface area contributed by atoms with Gasteiger partial charge in [-0.1, -0.05) is 35.2 Å². The topological polar surface area (TPSA) is 97.1 Å². The van der Waals surface area contributed by atoms with Gasteiger partial charge in [0.2, 0.25) is 11.0 Å². The molecular formula is C17H16N4O3S2. The number of thioether (sulfide) groups is 1. The van der Waals surface area contributed by atoms with Gasteiger partial charge in [-0.25, -0.2) is 0 Å². The first-order chi connectivity index (χ1) is 12.5. The first kappa shape index (κ1) is 18.2. The number of anilines is 2. The average Bonchev–Trinajstić information content (AvgIpc) is 3.29. The molecule has 0 unspecified atom stereocenters. The van der Waals surface area contributed by atoms with E-state index in [4.69, 9.17) is 4.42 Å². The van der Waals surface area contributed by atoms with E-state index in [0.717, 1.165) is 16.8 Å². The van der Waals surface area contributed by atoms with Gasteiger partial charge in [0.25, 0.3) is 5.91 Å². The summed E-state index contributed by atoms with van der Waals surface area (Å²) in [5, 5.41) is 13.7. The van der Waals surface area contributed by atoms with Crippen molar-refractivity contribution in [1.82, 2.24) is 10.2 Å². The number of aryl methyl sites for hydroxylation is 1. The molecule has 7 nitrogen and oxygen atoms in total. The molecule has 134 valence electrons. The second-order valence-electron chi connectivity index (χ2n) is 5.39. The molecule has 0 bridgehead atoms. The molecular weight excluding hydrogens is 372 g/mol. The van der Waals surface area contributed by atoms with Gasteiger partial charge < -0.3 is 9.73 Å². The van der Waals surface area contributed by atoms with E-state index in [1.807, 2.05) is 32.0 Å². The molecule has 0 atom stereocenters. The Morgan fingerprint density at radius 1 is 1.15 bits per heavy atom. The van der Waals surface area contributed by atoms with Gasteiger partial charge in [-0.2, -0.15) is 0 Å². The zero-order valence-corrected chi connectivity index (χ0v) is 15.7. The van der Waals surface area contributed by atoms with Gasteiger partial charge in [0, 0.05) is 5.69 Å². The molecule has 0 aliphatic carbocycles. The van der Waals surface area contributed by atoms with Gasteiger partial charge in [-0.05, 0) is 43.2 Å². The monoisotopic (exact) mass is 388 g/mol. The maximum atomic E-state index is 12.1. The number of benzene rings is 1. The molecule has 0 aliphatic heterocycles. The summed E-state index contributed by atoms with van der Waals surface area (Å²) in [6, 6.07) is 8.97. The molecule has 2 N–H and O–H groups in total. The van der Waals surface area contributed by atoms with Crippen molar-refractivity contribution in [3.05, 3.63) is 53.5 Å². The summed E-state index contributed by atoms with van der Waals surface area (Å²) in [5.41, 5.74) is 2.97. The van der Waals surface area contributed by atoms with Crippen LogP contribution in [0.5, 0.6) is 0 Å². The van der Waals surface area contributed by atoms with Crippen molar-refractivity contribution in [3.8, 4) is 0 Å². The Bertz CT molecular complexity index is 922. The first-order valence-corrected chi connectivity index (χ1v) is 9.50. The molecule has 0 saturated carbocycles. The van der Waals surface area contributed by atoms with E-state index in [-0.39, 0.29) is 17.4 Å². The zero-order chi connectivity index (χ0) is 18.5. The Morgan fingerprint density at radius 3 is 2.77 bits per heavy atom. The van der Waals surface area contributed by atoms with Crippen LogP contribution < -0.4 is 10.6 Å². The number of nitrogens with zero attached hydrogens (tertiary/aromatic N) is 2. The number of hydrogen-bond donors (Lipinski definition) is 2. The highest BCUT2D eigenvalue weighted by molar-refractivity contribution is 8.01. The molecule has 1 aromatic carbocycles. The summed E-state index contributed by atoms with van der Waals surface area (Å²) in [5.74, 6) is -0.119. The fourth-order valence-corrected chi connectivity index (χ4v) is 3.63. The predicted octanol–water partition coefficient (Wildman–Crippen LogP) is 3.73. The van der Waals surface area contributed by atoms with E-state index in [0.29, 0.717) is 9.47 Å². The van der Waals surface area contributed by atoms with Crippen molar-refractivity contribution in [2.45, 2.75) is 18.2 Å². The summed E-state index contributed by atoms with van der Waals surface area (Å²) >= 11 is 2.46. The molecule has 0 radical (unpaired) electrons. The van der Waals surface area contributed by atoms with Gasteiger partial charge in [-0.15, -0.1) is 10.2 Å². The number of furan rings is 1. The molecule has 2 amide bonds. The maximum Gasteiger partial charge on any atom is 0.293 e. The number of hydrogen-bond acceptors (Lipinski definition) is 7. The minimum Gasteiger partial charge on any atom is -0.459 e. The van der Waals surface area contributed by atoms with Gasteiger partial charge in [0.15, 0.2) is 10.1 Å². The van der Waals surface area contributed by atoms with Crippen LogP contribution in [0, 0.1) is 13.8 Å². The summed E-state index contributed by atoms with van der Waals surface area (Å²) in [4.78, 5) is 24.0. The molecule has 3 aromatic rings. The minimum absolute atomic E-state index is 0.125. The quantitative estimate of drug-likeness (QED) is 0.493. The normalized spacial score (nSPS) is 10.5. The van der Waals surface area contributed by atoms with E-state index in [1.54, 1.807) is 12.1 Å². The number of carbonyl (C=O) groups is 2. The smallest absolute Gasteiger partial charge is 0.293 e. The number of aromatic nitrogens is 2. The second kappa shape index (κ2) is 8.15. The van der Waals surface area contributed by atoms with Crippen LogP contribution in [0.1, 0.15) is 21.7 Å². The van der Waals surface area contributed by atoms with Crippen LogP contribution in [-0.2, 0) is 4.79 Å². The molecule has 0 fully saturated rings. The lowest BCUT2D eigenvalue weighted by Gasteiger charge is -2.09. The summed E-state index contributed by atoms with van der Waals surface area (Å²) in [7, 11) is 0. The lowest BCUT2D eigenvalue weighted by molar-refractivity contribution is -0.113. The van der Waals surface area contributed by atoms with E-state index < -0.39 is 5.91 Å². The Kier molecular flexibility index (Phi) is 5.69. The molecule has 3 rings (SSSR count). The SMILES string of the molecule is Cc1cccc(NC(=O)CSc2nnc(NC(=O)c3ccco3)s2)c1C. The molecule has 2 heterocycles. The lowest BCUT2D eigenvalue weighted by Crippen LogP contribution is -2.15. The molecule has 26 heavy (non-hydrogen) atoms. The van der Waals surface area contributed by atoms with Gasteiger partial charge in [0.05, 0.1) is 12.0 Å². The predicted molar refractivity (Wildman–Crippen MR) is 102 cm³/mol. The number of carbonyl (C=O) groups excluding carboxylic acids is 2. The Balaban J connectivity index is 1.52. The third-order valence-electron chi connectivity index (χ3n) is 3.58. The summed E-state index contributed by atoms with van der Waals surface area (Å²) < 4.78 is 5.61. The molecule has 0 saturated heterocycles. The van der Waals surface area contributed by atoms with Crippen molar-refractivity contribution >= 4 is 45.7 Å². The van der Waals surface area contributed by atoms with Gasteiger partial charge in [-0.3, -0.25) is 14.9 Å². The number of nitrogens with one attached hydrogen (secondary N) is 2. The van der Waals surface area contributed by atoms with Crippen LogP contribution in [0.3, 0.4) is 0 Å². The highest BCUT2D eigenvalue weighted by atomic mass is 32.2. The van der Waals surface area contributed by atoms with E-state index in [2.05, 4.69) is 20.8 Å². The fraction of sp³-hybridized carbons (Fsp3) is 0.176. The third-order valence-corrected chi connectivity index (χ3v) is 5.55. The summed E-state index contributed by atoms with van der Waals surface area (Å²) in [6.07, 6.45) is 1.42. The van der Waals surface area contributed by atoms with Gasteiger partial charge >= 0.3 is 0 Å². The van der Waals surface area contributed by atoms with Crippen LogP contribution in [0.4, 0.5) is 10.8 Å². The molecule has 9 heteroatoms. The van der Waals surface area contributed by atoms with Crippen molar-refractivity contribution in [2.24, 2.45) is 0 Å². The largest absolute Gasteiger partial charge is 0.459 e. The van der Waals surface area contributed by atoms with Crippen LogP contribution in [-0.4, -0.2) is 27.8 Å². The molecule has 0 aliphatic rings. The zero-order valence-electron chi connectivity index (χ0n) is 14.1. The second-order valence-corrected chi connectivity index (χ2v) is 7.59. The highest BCUT2D eigenvalue weighted by Gasteiger charge is 2.13. The fourth-order valence-electron chi connectivity index (χ4n) is 2.09. The van der Waals surface area contributed by atoms with Crippen molar-refractivity contribution in [1.29, 1.82) is 0 Å². The number of rotatable bonds is 6. The average molecular weight is 388 g/mol. The summed E-state index contributed by atoms with van der Waals surface area (Å²) in [6.45, 7) is 3.97.